The van der Waals surface area contributed by atoms with Crippen LogP contribution < -0.4 is 24.8 Å². The molecule has 1 aliphatic rings. The maximum Gasteiger partial charge on any atom is -1.00 e. The van der Waals surface area contributed by atoms with Crippen molar-refractivity contribution in [2.75, 3.05) is 0 Å². The molecule has 274 valence electrons. The average molecular weight is 825 g/mol. The molecule has 2 atom stereocenters. The second kappa shape index (κ2) is 21.6. The number of hydrogen-bond donors (Lipinski definition) is 0. The van der Waals surface area contributed by atoms with Crippen LogP contribution in [0.3, 0.4) is 0 Å². The SMILES string of the molecule is CCC(C)c1ccc(-c2cccc3[cH-]c(C4CCCCC4)cc23)cc1.CCc1cc2c(-c3ccc(C(C)CC)cc3)cccc2[cH-]1.C[Si](C)=[Zr+2].[Cl-].[Cl-]. The molecule has 7 rings (SSSR count). The summed E-state index contributed by atoms with van der Waals surface area (Å²) >= 11 is 1.74. The van der Waals surface area contributed by atoms with Crippen molar-refractivity contribution in [1.29, 1.82) is 0 Å². The number of halogens is 2. The van der Waals surface area contributed by atoms with Crippen LogP contribution in [0.15, 0.2) is 109 Å². The molecule has 0 aromatic heterocycles. The number of benzene rings is 4. The maximum atomic E-state index is 2.48. The first-order chi connectivity index (χ1) is 24.2. The van der Waals surface area contributed by atoms with Crippen LogP contribution in [0.25, 0.3) is 43.8 Å². The summed E-state index contributed by atoms with van der Waals surface area (Å²) in [7, 11) is 0. The Morgan fingerprint density at radius 3 is 1.52 bits per heavy atom. The van der Waals surface area contributed by atoms with E-state index in [9.17, 15) is 0 Å². The molecule has 6 aromatic rings. The fraction of sp³-hybridized carbons (Fsp3) is 0.375. The molecule has 0 radical (unpaired) electrons. The average Bonchev–Trinajstić information content (AvgIpc) is 3.80. The Bertz CT molecular complexity index is 1950. The van der Waals surface area contributed by atoms with Crippen LogP contribution in [0, 0.1) is 0 Å². The second-order valence-electron chi connectivity index (χ2n) is 14.8. The van der Waals surface area contributed by atoms with Crippen molar-refractivity contribution >= 4 is 27.0 Å². The fourth-order valence-electron chi connectivity index (χ4n) is 7.39. The van der Waals surface area contributed by atoms with Gasteiger partial charge >= 0.3 is 41.9 Å². The summed E-state index contributed by atoms with van der Waals surface area (Å²) in [5.74, 6) is 2.06. The molecule has 2 unspecified atom stereocenters. The third-order valence-electron chi connectivity index (χ3n) is 10.9. The quantitative estimate of drug-likeness (QED) is 0.106. The summed E-state index contributed by atoms with van der Waals surface area (Å²) in [6.45, 7) is 15.9. The zero-order valence-corrected chi connectivity index (χ0v) is 37.5. The number of hydrogen-bond acceptors (Lipinski definition) is 0. The first kappa shape index (κ1) is 44.2. The van der Waals surface area contributed by atoms with Crippen molar-refractivity contribution in [3.05, 3.63) is 131 Å². The van der Waals surface area contributed by atoms with Crippen LogP contribution in [0.4, 0.5) is 0 Å². The van der Waals surface area contributed by atoms with Crippen molar-refractivity contribution in [1.82, 2.24) is 0 Å². The van der Waals surface area contributed by atoms with Gasteiger partial charge in [0.05, 0.1) is 0 Å². The van der Waals surface area contributed by atoms with Crippen LogP contribution >= 0.6 is 0 Å². The summed E-state index contributed by atoms with van der Waals surface area (Å²) in [6.07, 6.45) is 10.4. The first-order valence-corrected chi connectivity index (χ1v) is 25.5. The van der Waals surface area contributed by atoms with Gasteiger partial charge in [-0.2, -0.15) is 12.1 Å². The predicted molar refractivity (Wildman–Crippen MR) is 220 cm³/mol. The van der Waals surface area contributed by atoms with Crippen molar-refractivity contribution in [3.63, 3.8) is 0 Å². The van der Waals surface area contributed by atoms with Gasteiger partial charge in [-0.05, 0) is 72.1 Å². The van der Waals surface area contributed by atoms with E-state index in [-0.39, 0.29) is 30.2 Å². The van der Waals surface area contributed by atoms with Crippen LogP contribution in [-0.4, -0.2) is 5.43 Å². The Morgan fingerprint density at radius 1 is 0.635 bits per heavy atom. The van der Waals surface area contributed by atoms with Gasteiger partial charge in [0.2, 0.25) is 0 Å². The summed E-state index contributed by atoms with van der Waals surface area (Å²) < 4.78 is 0. The standard InChI is InChI=1S/C25H29.C21H23.C2H6Si.2ClH.Zr/c1-3-18(2)19-12-14-21(15-13-19)24-11-7-10-22-16-23(17-25(22)24)20-8-5-4-6-9-20;1-4-15(3)17-9-11-18(12-10-17)20-8-6-7-19-13-16(5-2)14-21(19)20;1-3-2;;;/h7,10-18,20H,3-6,8-9H2,1-2H3;6-15H,4-5H2,1-3H3;1-2H3;2*1H;/q2*-1;;;;+2/p-2. The van der Waals surface area contributed by atoms with Gasteiger partial charge in [-0.3, -0.25) is 0 Å². The summed E-state index contributed by atoms with van der Waals surface area (Å²) in [5.41, 5.74) is 11.5. The van der Waals surface area contributed by atoms with Gasteiger partial charge in [0.25, 0.3) is 0 Å². The Kier molecular flexibility index (Phi) is 18.4. The van der Waals surface area contributed by atoms with Gasteiger partial charge in [0.1, 0.15) is 0 Å². The van der Waals surface area contributed by atoms with Gasteiger partial charge in [0, 0.05) is 0 Å². The Balaban J connectivity index is 0.000000249. The normalized spacial score (nSPS) is 13.9. The molecular formula is C48H58Cl2SiZr-2. The number of rotatable bonds is 8. The molecule has 0 aliphatic heterocycles. The minimum Gasteiger partial charge on any atom is -1.00 e. The third-order valence-corrected chi connectivity index (χ3v) is 10.9. The minimum atomic E-state index is 0. The van der Waals surface area contributed by atoms with Crippen LogP contribution in [0.1, 0.15) is 120 Å². The largest absolute Gasteiger partial charge is 1.00 e. The van der Waals surface area contributed by atoms with E-state index in [2.05, 4.69) is 157 Å². The zero-order valence-electron chi connectivity index (χ0n) is 32.5. The Morgan fingerprint density at radius 2 is 1.08 bits per heavy atom. The molecule has 4 heteroatoms. The summed E-state index contributed by atoms with van der Waals surface area (Å²) in [5, 5.41) is 5.57. The zero-order chi connectivity index (χ0) is 35.6. The molecule has 52 heavy (non-hydrogen) atoms. The fourth-order valence-corrected chi connectivity index (χ4v) is 7.39. The van der Waals surface area contributed by atoms with Gasteiger partial charge in [-0.1, -0.05) is 126 Å². The topological polar surface area (TPSA) is 0 Å². The van der Waals surface area contributed by atoms with Crippen LogP contribution in [0.5, 0.6) is 0 Å². The Labute approximate surface area is 343 Å². The van der Waals surface area contributed by atoms with Gasteiger partial charge in [-0.25, -0.2) is 0 Å². The van der Waals surface area contributed by atoms with E-state index in [1.807, 2.05) is 0 Å². The monoisotopic (exact) mass is 822 g/mol. The minimum absolute atomic E-state index is 0. The molecule has 0 bridgehead atoms. The van der Waals surface area contributed by atoms with E-state index in [4.69, 9.17) is 0 Å². The number of fused-ring (bicyclic) bond motifs is 2. The van der Waals surface area contributed by atoms with Crippen molar-refractivity contribution in [3.8, 4) is 22.3 Å². The Hall–Kier alpha value is -2.22. The molecule has 0 amide bonds. The van der Waals surface area contributed by atoms with E-state index >= 15 is 0 Å². The second-order valence-corrected chi connectivity index (χ2v) is 24.2. The maximum absolute atomic E-state index is 2.48. The number of aryl methyl sites for hydroxylation is 1. The summed E-state index contributed by atoms with van der Waals surface area (Å²) in [6, 6.07) is 41.3. The van der Waals surface area contributed by atoms with Gasteiger partial charge < -0.3 is 24.8 Å². The molecule has 0 N–H and O–H groups in total. The van der Waals surface area contributed by atoms with E-state index in [1.165, 1.54) is 105 Å². The van der Waals surface area contributed by atoms with E-state index < -0.39 is 0 Å². The van der Waals surface area contributed by atoms with E-state index in [1.54, 1.807) is 28.9 Å². The summed E-state index contributed by atoms with van der Waals surface area (Å²) in [4.78, 5) is 0. The van der Waals surface area contributed by atoms with Gasteiger partial charge in [0.15, 0.2) is 0 Å². The molecule has 0 saturated heterocycles. The van der Waals surface area contributed by atoms with Crippen LogP contribution in [-0.2, 0) is 29.8 Å². The first-order valence-electron chi connectivity index (χ1n) is 19.3. The molecule has 0 nitrogen and oxygen atoms in total. The van der Waals surface area contributed by atoms with Crippen molar-refractivity contribution in [2.24, 2.45) is 0 Å². The molecule has 6 aromatic carbocycles. The van der Waals surface area contributed by atoms with Gasteiger partial charge in [-0.15, -0.1) is 69.1 Å². The predicted octanol–water partition coefficient (Wildman–Crippen LogP) is 8.88. The molecular weight excluding hydrogens is 767 g/mol. The molecule has 0 spiro atoms. The molecule has 1 aliphatic carbocycles. The van der Waals surface area contributed by atoms with Crippen molar-refractivity contribution < 1.29 is 48.1 Å². The molecule has 1 saturated carbocycles. The third kappa shape index (κ3) is 11.4. The van der Waals surface area contributed by atoms with E-state index in [0.717, 1.165) is 12.3 Å². The smallest absolute Gasteiger partial charge is 1.00 e. The molecule has 0 heterocycles. The molecule has 1 fully saturated rings. The van der Waals surface area contributed by atoms with Crippen LogP contribution in [0.2, 0.25) is 13.1 Å². The van der Waals surface area contributed by atoms with Crippen molar-refractivity contribution in [2.45, 2.75) is 117 Å². The van der Waals surface area contributed by atoms with E-state index in [0.29, 0.717) is 11.8 Å².